The van der Waals surface area contributed by atoms with Gasteiger partial charge in [-0.2, -0.15) is 0 Å². The van der Waals surface area contributed by atoms with Crippen LogP contribution in [0.25, 0.3) is 34.2 Å². The molecule has 45 heavy (non-hydrogen) atoms. The van der Waals surface area contributed by atoms with E-state index in [-0.39, 0.29) is 11.5 Å². The third-order valence-electron chi connectivity index (χ3n) is 8.09. The van der Waals surface area contributed by atoms with Gasteiger partial charge >= 0.3 is 6.48 Å². The van der Waals surface area contributed by atoms with Crippen molar-refractivity contribution < 1.29 is 19.7 Å². The van der Waals surface area contributed by atoms with Gasteiger partial charge in [-0.15, -0.1) is 0 Å². The molecule has 1 unspecified atom stereocenters. The Hall–Kier alpha value is -3.81. The number of aromatic nitrogens is 3. The molecule has 1 heterocycles. The monoisotopic (exact) mass is 611 g/mol. The van der Waals surface area contributed by atoms with E-state index >= 15 is 0 Å². The molecule has 7 nitrogen and oxygen atoms in total. The lowest BCUT2D eigenvalue weighted by Crippen LogP contribution is -2.20. The average molecular weight is 612 g/mol. The van der Waals surface area contributed by atoms with Crippen molar-refractivity contribution in [2.24, 2.45) is 0 Å². The van der Waals surface area contributed by atoms with Crippen molar-refractivity contribution in [3.05, 3.63) is 76.9 Å². The Bertz CT molecular complexity index is 1470. The van der Waals surface area contributed by atoms with Crippen molar-refractivity contribution in [3.63, 3.8) is 0 Å². The molecule has 7 heteroatoms. The van der Waals surface area contributed by atoms with E-state index in [1.807, 2.05) is 38.1 Å². The standard InChI is InChI=1S/C38H49N3O4/c1-6-7-8-9-10-11-12-13-14-15-22-44-38(43)45-30-18-21-33(34(42)25-30)37-40-35(31-19-16-26(2)23-28(31)4)39-36(41-37)32-20-17-27(3)24-29(32)5/h16-21,23-25,38,42-43H,6-15,22H2,1-5H3. The van der Waals surface area contributed by atoms with Gasteiger partial charge in [-0.1, -0.05) is 112 Å². The number of benzene rings is 3. The molecule has 0 bridgehead atoms. The van der Waals surface area contributed by atoms with Crippen LogP contribution in [0.4, 0.5) is 0 Å². The summed E-state index contributed by atoms with van der Waals surface area (Å²) < 4.78 is 11.0. The molecule has 0 saturated heterocycles. The van der Waals surface area contributed by atoms with E-state index in [1.54, 1.807) is 12.1 Å². The number of aromatic hydroxyl groups is 1. The zero-order valence-corrected chi connectivity index (χ0v) is 27.6. The van der Waals surface area contributed by atoms with Crippen LogP contribution < -0.4 is 4.74 Å². The molecule has 240 valence electrons. The fraction of sp³-hybridized carbons (Fsp3) is 0.447. The first-order valence-corrected chi connectivity index (χ1v) is 16.5. The molecule has 4 rings (SSSR count). The van der Waals surface area contributed by atoms with Gasteiger partial charge in [-0.05, 0) is 57.4 Å². The Morgan fingerprint density at radius 3 is 1.56 bits per heavy atom. The average Bonchev–Trinajstić information content (AvgIpc) is 2.99. The van der Waals surface area contributed by atoms with Gasteiger partial charge in [-0.3, -0.25) is 0 Å². The van der Waals surface area contributed by atoms with Crippen LogP contribution in [0.5, 0.6) is 11.5 Å². The van der Waals surface area contributed by atoms with Crippen molar-refractivity contribution in [1.29, 1.82) is 0 Å². The molecule has 0 spiro atoms. The number of phenolic OH excluding ortho intramolecular Hbond substituents is 1. The van der Waals surface area contributed by atoms with E-state index < -0.39 is 6.48 Å². The molecule has 0 saturated carbocycles. The number of aryl methyl sites for hydroxylation is 4. The smallest absolute Gasteiger partial charge is 0.313 e. The highest BCUT2D eigenvalue weighted by molar-refractivity contribution is 5.72. The third-order valence-corrected chi connectivity index (χ3v) is 8.09. The Kier molecular flexibility index (Phi) is 12.9. The van der Waals surface area contributed by atoms with E-state index in [0.29, 0.717) is 29.6 Å². The lowest BCUT2D eigenvalue weighted by Gasteiger charge is -2.15. The van der Waals surface area contributed by atoms with E-state index in [0.717, 1.165) is 46.2 Å². The highest BCUT2D eigenvalue weighted by Gasteiger charge is 2.18. The van der Waals surface area contributed by atoms with Crippen molar-refractivity contribution >= 4 is 0 Å². The van der Waals surface area contributed by atoms with Gasteiger partial charge in [0.2, 0.25) is 0 Å². The van der Waals surface area contributed by atoms with Crippen molar-refractivity contribution in [2.75, 3.05) is 6.61 Å². The molecule has 0 amide bonds. The van der Waals surface area contributed by atoms with Crippen LogP contribution in [0.3, 0.4) is 0 Å². The van der Waals surface area contributed by atoms with Crippen molar-refractivity contribution in [1.82, 2.24) is 15.0 Å². The molecular weight excluding hydrogens is 562 g/mol. The summed E-state index contributed by atoms with van der Waals surface area (Å²) in [6.45, 7) is 9.42. The van der Waals surface area contributed by atoms with Crippen LogP contribution in [0, 0.1) is 27.7 Å². The summed E-state index contributed by atoms with van der Waals surface area (Å²) in [6.07, 6.45) is 12.3. The number of phenols is 1. The van der Waals surface area contributed by atoms with Crippen molar-refractivity contribution in [3.8, 4) is 45.7 Å². The summed E-state index contributed by atoms with van der Waals surface area (Å²) in [6, 6.07) is 17.1. The summed E-state index contributed by atoms with van der Waals surface area (Å²) in [5.74, 6) is 1.62. The molecule has 0 radical (unpaired) electrons. The molecule has 0 aliphatic carbocycles. The predicted octanol–water partition coefficient (Wildman–Crippen LogP) is 9.40. The quantitative estimate of drug-likeness (QED) is 0.0906. The summed E-state index contributed by atoms with van der Waals surface area (Å²) in [4.78, 5) is 14.4. The number of aliphatic hydroxyl groups excluding tert-OH is 1. The first kappa shape index (κ1) is 34.1. The number of unbranched alkanes of at least 4 members (excludes halogenated alkanes) is 9. The van der Waals surface area contributed by atoms with Crippen LogP contribution in [0.1, 0.15) is 93.4 Å². The first-order chi connectivity index (χ1) is 21.7. The second-order valence-electron chi connectivity index (χ2n) is 12.1. The van der Waals surface area contributed by atoms with Gasteiger partial charge in [-0.25, -0.2) is 15.0 Å². The van der Waals surface area contributed by atoms with E-state index in [1.165, 1.54) is 57.4 Å². The number of nitrogens with zero attached hydrogens (tertiary/aromatic N) is 3. The van der Waals surface area contributed by atoms with Gasteiger partial charge in [0, 0.05) is 17.2 Å². The number of hydrogen-bond donors (Lipinski definition) is 2. The maximum atomic E-state index is 11.0. The highest BCUT2D eigenvalue weighted by atomic mass is 16.8. The number of aliphatic hydroxyl groups is 1. The number of ether oxygens (including phenoxy) is 2. The molecule has 3 aromatic carbocycles. The van der Waals surface area contributed by atoms with Gasteiger partial charge in [0.05, 0.1) is 12.2 Å². The summed E-state index contributed by atoms with van der Waals surface area (Å²) in [5.41, 5.74) is 6.65. The maximum absolute atomic E-state index is 11.0. The normalized spacial score (nSPS) is 12.0. The van der Waals surface area contributed by atoms with Crippen LogP contribution in [0.2, 0.25) is 0 Å². The zero-order chi connectivity index (χ0) is 32.2. The van der Waals surface area contributed by atoms with E-state index in [4.69, 9.17) is 24.4 Å². The van der Waals surface area contributed by atoms with Gasteiger partial charge < -0.3 is 19.7 Å². The molecular formula is C38H49N3O4. The fourth-order valence-electron chi connectivity index (χ4n) is 5.56. The molecule has 1 aromatic heterocycles. The number of hydrogen-bond acceptors (Lipinski definition) is 7. The minimum atomic E-state index is -1.42. The maximum Gasteiger partial charge on any atom is 0.313 e. The van der Waals surface area contributed by atoms with Crippen LogP contribution in [-0.4, -0.2) is 38.2 Å². The Morgan fingerprint density at radius 2 is 1.07 bits per heavy atom. The molecule has 1 atom stereocenters. The van der Waals surface area contributed by atoms with E-state index in [2.05, 4.69) is 32.9 Å². The van der Waals surface area contributed by atoms with E-state index in [9.17, 15) is 10.2 Å². The lowest BCUT2D eigenvalue weighted by atomic mass is 10.0. The molecule has 4 aromatic rings. The highest BCUT2D eigenvalue weighted by Crippen LogP contribution is 2.34. The topological polar surface area (TPSA) is 97.6 Å². The molecule has 2 N–H and O–H groups in total. The van der Waals surface area contributed by atoms with Crippen LogP contribution >= 0.6 is 0 Å². The summed E-state index contributed by atoms with van der Waals surface area (Å²) >= 11 is 0. The second kappa shape index (κ2) is 17.0. The zero-order valence-electron chi connectivity index (χ0n) is 27.6. The summed E-state index contributed by atoms with van der Waals surface area (Å²) in [5, 5.41) is 21.3. The second-order valence-corrected chi connectivity index (χ2v) is 12.1. The van der Waals surface area contributed by atoms with Crippen LogP contribution in [-0.2, 0) is 4.74 Å². The summed E-state index contributed by atoms with van der Waals surface area (Å²) in [7, 11) is 0. The van der Waals surface area contributed by atoms with Gasteiger partial charge in [0.1, 0.15) is 11.5 Å². The Balaban J connectivity index is 1.42. The van der Waals surface area contributed by atoms with Gasteiger partial charge in [0.15, 0.2) is 17.5 Å². The first-order valence-electron chi connectivity index (χ1n) is 16.5. The lowest BCUT2D eigenvalue weighted by molar-refractivity contribution is -0.216. The largest absolute Gasteiger partial charge is 0.507 e. The minimum Gasteiger partial charge on any atom is -0.507 e. The predicted molar refractivity (Wildman–Crippen MR) is 181 cm³/mol. The molecule has 0 fully saturated rings. The van der Waals surface area contributed by atoms with Gasteiger partial charge in [0.25, 0.3) is 0 Å². The van der Waals surface area contributed by atoms with Crippen molar-refractivity contribution in [2.45, 2.75) is 105 Å². The minimum absolute atomic E-state index is 0.0706. The fourth-order valence-corrected chi connectivity index (χ4v) is 5.56. The Morgan fingerprint density at radius 1 is 0.600 bits per heavy atom. The van der Waals surface area contributed by atoms with Crippen LogP contribution in [0.15, 0.2) is 54.6 Å². The number of rotatable bonds is 17. The Labute approximate surface area is 268 Å². The molecule has 0 aliphatic heterocycles. The molecule has 0 aliphatic rings. The third kappa shape index (κ3) is 10.1. The SMILES string of the molecule is CCCCCCCCCCCCOC(O)Oc1ccc(-c2nc(-c3ccc(C)cc3C)nc(-c3ccc(C)cc3C)n2)c(O)c1.